The van der Waals surface area contributed by atoms with Crippen LogP contribution in [0.15, 0.2) is 28.7 Å². The van der Waals surface area contributed by atoms with Gasteiger partial charge in [-0.1, -0.05) is 34.1 Å². The first-order valence-electron chi connectivity index (χ1n) is 5.36. The van der Waals surface area contributed by atoms with E-state index in [1.165, 1.54) is 0 Å². The van der Waals surface area contributed by atoms with Gasteiger partial charge in [0.05, 0.1) is 19.6 Å². The lowest BCUT2D eigenvalue weighted by atomic mass is 10.1. The highest BCUT2D eigenvalue weighted by Crippen LogP contribution is 2.17. The Morgan fingerprint density at radius 1 is 1.31 bits per heavy atom. The summed E-state index contributed by atoms with van der Waals surface area (Å²) in [7, 11) is 0. The summed E-state index contributed by atoms with van der Waals surface area (Å²) in [5.41, 5.74) is 1.04. The predicted octanol–water partition coefficient (Wildman–Crippen LogP) is 1.85. The minimum atomic E-state index is 0.176. The van der Waals surface area contributed by atoms with Gasteiger partial charge in [0.2, 0.25) is 5.91 Å². The summed E-state index contributed by atoms with van der Waals surface area (Å²) >= 11 is 3.45. The van der Waals surface area contributed by atoms with E-state index in [0.29, 0.717) is 32.7 Å². The first-order chi connectivity index (χ1) is 7.77. The van der Waals surface area contributed by atoms with Crippen LogP contribution in [0.2, 0.25) is 0 Å². The van der Waals surface area contributed by atoms with Gasteiger partial charge in [0.15, 0.2) is 0 Å². The van der Waals surface area contributed by atoms with Crippen LogP contribution in [-0.2, 0) is 16.0 Å². The quantitative estimate of drug-likeness (QED) is 0.829. The molecule has 4 heteroatoms. The van der Waals surface area contributed by atoms with Crippen molar-refractivity contribution in [2.75, 3.05) is 26.3 Å². The molecule has 1 aromatic rings. The number of carbonyl (C=O) groups is 1. The molecule has 0 radical (unpaired) electrons. The van der Waals surface area contributed by atoms with E-state index in [-0.39, 0.29) is 5.91 Å². The molecule has 1 aromatic carbocycles. The molecule has 0 aliphatic carbocycles. The van der Waals surface area contributed by atoms with Crippen LogP contribution in [-0.4, -0.2) is 37.1 Å². The molecule has 1 fully saturated rings. The molecule has 1 heterocycles. The van der Waals surface area contributed by atoms with Gasteiger partial charge in [0, 0.05) is 17.6 Å². The normalized spacial score (nSPS) is 16.2. The van der Waals surface area contributed by atoms with E-state index in [4.69, 9.17) is 4.74 Å². The molecule has 0 aromatic heterocycles. The molecule has 0 spiro atoms. The van der Waals surface area contributed by atoms with Crippen molar-refractivity contribution in [3.8, 4) is 0 Å². The van der Waals surface area contributed by atoms with Gasteiger partial charge in [0.25, 0.3) is 0 Å². The molecule has 1 amide bonds. The van der Waals surface area contributed by atoms with Crippen LogP contribution in [0.1, 0.15) is 5.56 Å². The molecule has 0 N–H and O–H groups in total. The van der Waals surface area contributed by atoms with Crippen LogP contribution in [0, 0.1) is 0 Å². The Kier molecular flexibility index (Phi) is 3.96. The van der Waals surface area contributed by atoms with Crippen LogP contribution in [0.4, 0.5) is 0 Å². The largest absolute Gasteiger partial charge is 0.378 e. The van der Waals surface area contributed by atoms with Gasteiger partial charge in [-0.3, -0.25) is 4.79 Å². The van der Waals surface area contributed by atoms with Gasteiger partial charge in [-0.25, -0.2) is 0 Å². The average molecular weight is 284 g/mol. The second-order valence-electron chi connectivity index (χ2n) is 3.76. The molecule has 16 heavy (non-hydrogen) atoms. The van der Waals surface area contributed by atoms with Crippen molar-refractivity contribution < 1.29 is 9.53 Å². The zero-order chi connectivity index (χ0) is 11.4. The summed E-state index contributed by atoms with van der Waals surface area (Å²) in [6, 6.07) is 7.84. The molecule has 86 valence electrons. The maximum absolute atomic E-state index is 12.0. The van der Waals surface area contributed by atoms with Crippen LogP contribution in [0.3, 0.4) is 0 Å². The van der Waals surface area contributed by atoms with E-state index >= 15 is 0 Å². The van der Waals surface area contributed by atoms with Gasteiger partial charge in [0.1, 0.15) is 0 Å². The SMILES string of the molecule is O=C(Cc1ccccc1Br)N1CCOCC1. The van der Waals surface area contributed by atoms with Crippen molar-refractivity contribution in [2.24, 2.45) is 0 Å². The molecule has 0 saturated carbocycles. The van der Waals surface area contributed by atoms with Crippen LogP contribution in [0.5, 0.6) is 0 Å². The number of nitrogens with zero attached hydrogens (tertiary/aromatic N) is 1. The van der Waals surface area contributed by atoms with Crippen molar-refractivity contribution in [3.05, 3.63) is 34.3 Å². The molecular formula is C12H14BrNO2. The number of amides is 1. The minimum absolute atomic E-state index is 0.176. The van der Waals surface area contributed by atoms with Crippen molar-refractivity contribution >= 4 is 21.8 Å². The topological polar surface area (TPSA) is 29.5 Å². The third kappa shape index (κ3) is 2.83. The van der Waals surface area contributed by atoms with Crippen molar-refractivity contribution in [1.29, 1.82) is 0 Å². The number of hydrogen-bond acceptors (Lipinski definition) is 2. The fourth-order valence-electron chi connectivity index (χ4n) is 1.73. The fraction of sp³-hybridized carbons (Fsp3) is 0.417. The van der Waals surface area contributed by atoms with E-state index in [0.717, 1.165) is 10.0 Å². The van der Waals surface area contributed by atoms with Crippen LogP contribution in [0.25, 0.3) is 0 Å². The third-order valence-electron chi connectivity index (χ3n) is 2.66. The van der Waals surface area contributed by atoms with Gasteiger partial charge in [-0.2, -0.15) is 0 Å². The fourth-order valence-corrected chi connectivity index (χ4v) is 2.15. The Morgan fingerprint density at radius 2 is 2.00 bits per heavy atom. The summed E-state index contributed by atoms with van der Waals surface area (Å²) in [5, 5.41) is 0. The monoisotopic (exact) mass is 283 g/mol. The van der Waals surface area contributed by atoms with Gasteiger partial charge in [-0.05, 0) is 11.6 Å². The molecule has 1 aliphatic heterocycles. The summed E-state index contributed by atoms with van der Waals surface area (Å²) in [6.07, 6.45) is 0.460. The van der Waals surface area contributed by atoms with Crippen LogP contribution >= 0.6 is 15.9 Å². The zero-order valence-corrected chi connectivity index (χ0v) is 10.6. The standard InChI is InChI=1S/C12H14BrNO2/c13-11-4-2-1-3-10(11)9-12(15)14-5-7-16-8-6-14/h1-4H,5-9H2. The highest BCUT2D eigenvalue weighted by molar-refractivity contribution is 9.10. The summed E-state index contributed by atoms with van der Waals surface area (Å²) in [6.45, 7) is 2.73. The highest BCUT2D eigenvalue weighted by atomic mass is 79.9. The molecule has 1 saturated heterocycles. The lowest BCUT2D eigenvalue weighted by Gasteiger charge is -2.27. The summed E-state index contributed by atoms with van der Waals surface area (Å²) in [5.74, 6) is 0.176. The molecular weight excluding hydrogens is 270 g/mol. The predicted molar refractivity (Wildman–Crippen MR) is 65.2 cm³/mol. The van der Waals surface area contributed by atoms with E-state index in [1.807, 2.05) is 29.2 Å². The maximum atomic E-state index is 12.0. The van der Waals surface area contributed by atoms with E-state index in [1.54, 1.807) is 0 Å². The maximum Gasteiger partial charge on any atom is 0.227 e. The van der Waals surface area contributed by atoms with E-state index in [9.17, 15) is 4.79 Å². The number of halogens is 1. The third-order valence-corrected chi connectivity index (χ3v) is 3.44. The Bertz CT molecular complexity index is 375. The lowest BCUT2D eigenvalue weighted by molar-refractivity contribution is -0.134. The second-order valence-corrected chi connectivity index (χ2v) is 4.62. The zero-order valence-electron chi connectivity index (χ0n) is 8.99. The summed E-state index contributed by atoms with van der Waals surface area (Å²) < 4.78 is 6.22. The molecule has 0 bridgehead atoms. The van der Waals surface area contributed by atoms with Crippen molar-refractivity contribution in [2.45, 2.75) is 6.42 Å². The second kappa shape index (κ2) is 5.46. The number of morpholine rings is 1. The molecule has 1 aliphatic rings. The Labute approximate surface area is 104 Å². The first-order valence-corrected chi connectivity index (χ1v) is 6.15. The van der Waals surface area contributed by atoms with Crippen molar-refractivity contribution in [3.63, 3.8) is 0 Å². The Morgan fingerprint density at radius 3 is 2.69 bits per heavy atom. The lowest BCUT2D eigenvalue weighted by Crippen LogP contribution is -2.41. The minimum Gasteiger partial charge on any atom is -0.378 e. The average Bonchev–Trinajstić information content (AvgIpc) is 2.33. The highest BCUT2D eigenvalue weighted by Gasteiger charge is 2.17. The number of hydrogen-bond donors (Lipinski definition) is 0. The molecule has 0 unspecified atom stereocenters. The molecule has 2 rings (SSSR count). The number of rotatable bonds is 2. The smallest absolute Gasteiger partial charge is 0.227 e. The number of carbonyl (C=O) groups excluding carboxylic acids is 1. The van der Waals surface area contributed by atoms with Gasteiger partial charge >= 0.3 is 0 Å². The van der Waals surface area contributed by atoms with Gasteiger partial charge in [-0.15, -0.1) is 0 Å². The molecule has 3 nitrogen and oxygen atoms in total. The first kappa shape index (κ1) is 11.6. The van der Waals surface area contributed by atoms with E-state index < -0.39 is 0 Å². The summed E-state index contributed by atoms with van der Waals surface area (Å²) in [4.78, 5) is 13.8. The van der Waals surface area contributed by atoms with Crippen molar-refractivity contribution in [1.82, 2.24) is 4.90 Å². The Hall–Kier alpha value is -0.870. The Balaban J connectivity index is 1.99. The molecule has 0 atom stereocenters. The van der Waals surface area contributed by atoms with Gasteiger partial charge < -0.3 is 9.64 Å². The van der Waals surface area contributed by atoms with E-state index in [2.05, 4.69) is 15.9 Å². The number of ether oxygens (including phenoxy) is 1. The van der Waals surface area contributed by atoms with Crippen LogP contribution < -0.4 is 0 Å². The number of benzene rings is 1.